The maximum atomic E-state index is 13.1. The van der Waals surface area contributed by atoms with Crippen LogP contribution in [-0.4, -0.2) is 42.4 Å². The number of thiazole rings is 1. The van der Waals surface area contributed by atoms with Gasteiger partial charge in [-0.3, -0.25) is 4.79 Å². The Morgan fingerprint density at radius 2 is 2.00 bits per heavy atom. The first-order chi connectivity index (χ1) is 16.1. The SMILES string of the molecule is Cc1noc(C)c1COc1ccccc1C(=O)Nc1ccc2nc(N3CCOCC3)sc2c1. The van der Waals surface area contributed by atoms with E-state index >= 15 is 0 Å². The van der Waals surface area contributed by atoms with Crippen molar-refractivity contribution in [2.24, 2.45) is 0 Å². The molecule has 9 heteroatoms. The van der Waals surface area contributed by atoms with Gasteiger partial charge in [-0.1, -0.05) is 28.6 Å². The van der Waals surface area contributed by atoms with E-state index in [1.807, 2.05) is 44.2 Å². The number of aromatic nitrogens is 2. The highest BCUT2D eigenvalue weighted by Crippen LogP contribution is 2.31. The lowest BCUT2D eigenvalue weighted by Crippen LogP contribution is -2.36. The molecule has 0 atom stereocenters. The third-order valence-corrected chi connectivity index (χ3v) is 6.68. The van der Waals surface area contributed by atoms with Gasteiger partial charge in [-0.25, -0.2) is 4.98 Å². The van der Waals surface area contributed by atoms with Crippen LogP contribution < -0.4 is 15.0 Å². The first kappa shape index (κ1) is 21.4. The quantitative estimate of drug-likeness (QED) is 0.447. The van der Waals surface area contributed by atoms with Gasteiger partial charge in [-0.2, -0.15) is 0 Å². The van der Waals surface area contributed by atoms with Crippen LogP contribution >= 0.6 is 11.3 Å². The summed E-state index contributed by atoms with van der Waals surface area (Å²) in [6.07, 6.45) is 0. The number of rotatable bonds is 6. The van der Waals surface area contributed by atoms with Gasteiger partial charge in [0.25, 0.3) is 5.91 Å². The molecule has 4 aromatic rings. The van der Waals surface area contributed by atoms with E-state index in [2.05, 4.69) is 15.4 Å². The van der Waals surface area contributed by atoms with Crippen LogP contribution in [0.4, 0.5) is 10.8 Å². The van der Waals surface area contributed by atoms with Gasteiger partial charge >= 0.3 is 0 Å². The van der Waals surface area contributed by atoms with Crippen molar-refractivity contribution in [3.05, 3.63) is 65.0 Å². The van der Waals surface area contributed by atoms with Crippen LogP contribution in [-0.2, 0) is 11.3 Å². The molecule has 1 aliphatic heterocycles. The maximum absolute atomic E-state index is 13.1. The molecule has 0 unspecified atom stereocenters. The molecule has 170 valence electrons. The van der Waals surface area contributed by atoms with Gasteiger partial charge in [0.2, 0.25) is 0 Å². The van der Waals surface area contributed by atoms with E-state index < -0.39 is 0 Å². The van der Waals surface area contributed by atoms with Crippen molar-refractivity contribution in [1.82, 2.24) is 10.1 Å². The van der Waals surface area contributed by atoms with Crippen LogP contribution in [0, 0.1) is 13.8 Å². The lowest BCUT2D eigenvalue weighted by atomic mass is 10.1. The highest BCUT2D eigenvalue weighted by atomic mass is 32.1. The highest BCUT2D eigenvalue weighted by molar-refractivity contribution is 7.22. The molecule has 33 heavy (non-hydrogen) atoms. The number of carbonyl (C=O) groups is 1. The van der Waals surface area contributed by atoms with Crippen molar-refractivity contribution in [3.63, 3.8) is 0 Å². The van der Waals surface area contributed by atoms with Crippen molar-refractivity contribution in [2.45, 2.75) is 20.5 Å². The smallest absolute Gasteiger partial charge is 0.259 e. The Kier molecular flexibility index (Phi) is 5.97. The van der Waals surface area contributed by atoms with Gasteiger partial charge in [-0.15, -0.1) is 0 Å². The van der Waals surface area contributed by atoms with Crippen LogP contribution in [0.25, 0.3) is 10.2 Å². The first-order valence-corrected chi connectivity index (χ1v) is 11.6. The standard InChI is InChI=1S/C24H24N4O4S/c1-15-19(16(2)32-27-15)14-31-21-6-4-3-5-18(21)23(29)25-17-7-8-20-22(13-17)33-24(26-20)28-9-11-30-12-10-28/h3-8,13H,9-12,14H2,1-2H3,(H,25,29). The molecule has 5 rings (SSSR count). The molecule has 0 radical (unpaired) electrons. The van der Waals surface area contributed by atoms with Crippen LogP contribution in [0.2, 0.25) is 0 Å². The van der Waals surface area contributed by atoms with Crippen LogP contribution in [0.15, 0.2) is 47.0 Å². The fraction of sp³-hybridized carbons (Fsp3) is 0.292. The number of benzene rings is 2. The zero-order valence-corrected chi connectivity index (χ0v) is 19.3. The number of hydrogen-bond donors (Lipinski definition) is 1. The topological polar surface area (TPSA) is 89.7 Å². The fourth-order valence-corrected chi connectivity index (χ4v) is 4.77. The lowest BCUT2D eigenvalue weighted by Gasteiger charge is -2.25. The summed E-state index contributed by atoms with van der Waals surface area (Å²) in [5, 5.41) is 7.92. The monoisotopic (exact) mass is 464 g/mol. The number of morpholine rings is 1. The van der Waals surface area contributed by atoms with E-state index in [9.17, 15) is 4.79 Å². The first-order valence-electron chi connectivity index (χ1n) is 10.8. The van der Waals surface area contributed by atoms with Gasteiger partial charge in [-0.05, 0) is 44.2 Å². The van der Waals surface area contributed by atoms with Crippen molar-refractivity contribution in [1.29, 1.82) is 0 Å². The lowest BCUT2D eigenvalue weighted by molar-refractivity contribution is 0.102. The van der Waals surface area contributed by atoms with Crippen LogP contribution in [0.3, 0.4) is 0 Å². The predicted molar refractivity (Wildman–Crippen MR) is 127 cm³/mol. The van der Waals surface area contributed by atoms with Crippen molar-refractivity contribution >= 4 is 38.3 Å². The Labute approximate surface area is 195 Å². The molecule has 1 amide bonds. The van der Waals surface area contributed by atoms with E-state index in [0.29, 0.717) is 22.8 Å². The molecule has 0 aliphatic carbocycles. The second-order valence-electron chi connectivity index (χ2n) is 7.82. The number of nitrogens with one attached hydrogen (secondary N) is 1. The van der Waals surface area contributed by atoms with E-state index in [1.54, 1.807) is 23.5 Å². The summed E-state index contributed by atoms with van der Waals surface area (Å²) >= 11 is 1.62. The van der Waals surface area contributed by atoms with Crippen molar-refractivity contribution < 1.29 is 18.8 Å². The second-order valence-corrected chi connectivity index (χ2v) is 8.83. The summed E-state index contributed by atoms with van der Waals surface area (Å²) in [4.78, 5) is 20.0. The molecule has 2 aromatic heterocycles. The molecule has 1 N–H and O–H groups in total. The van der Waals surface area contributed by atoms with Crippen LogP contribution in [0.1, 0.15) is 27.4 Å². The highest BCUT2D eigenvalue weighted by Gasteiger charge is 2.17. The Bertz CT molecular complexity index is 1270. The molecule has 0 saturated carbocycles. The minimum Gasteiger partial charge on any atom is -0.488 e. The fourth-order valence-electron chi connectivity index (χ4n) is 3.72. The van der Waals surface area contributed by atoms with Gasteiger partial charge < -0.3 is 24.2 Å². The molecule has 1 aliphatic rings. The molecule has 0 bridgehead atoms. The number of aryl methyl sites for hydroxylation is 2. The molecular weight excluding hydrogens is 440 g/mol. The number of anilines is 2. The molecule has 1 saturated heterocycles. The predicted octanol–water partition coefficient (Wildman–Crippen LogP) is 4.57. The van der Waals surface area contributed by atoms with Gasteiger partial charge in [0.15, 0.2) is 5.13 Å². The second kappa shape index (κ2) is 9.21. The third kappa shape index (κ3) is 4.55. The number of carbonyl (C=O) groups excluding carboxylic acids is 1. The number of fused-ring (bicyclic) bond motifs is 1. The van der Waals surface area contributed by atoms with E-state index in [0.717, 1.165) is 52.9 Å². The third-order valence-electron chi connectivity index (χ3n) is 5.60. The summed E-state index contributed by atoms with van der Waals surface area (Å²) in [6.45, 7) is 7.11. The molecular formula is C24H24N4O4S. The average molecular weight is 465 g/mol. The Balaban J connectivity index is 1.32. The van der Waals surface area contributed by atoms with Gasteiger partial charge in [0.1, 0.15) is 18.1 Å². The van der Waals surface area contributed by atoms with Crippen molar-refractivity contribution in [3.8, 4) is 5.75 Å². The summed E-state index contributed by atoms with van der Waals surface area (Å²) in [6, 6.07) is 13.0. The summed E-state index contributed by atoms with van der Waals surface area (Å²) in [7, 11) is 0. The van der Waals surface area contributed by atoms with Gasteiger partial charge in [0.05, 0.1) is 40.3 Å². The summed E-state index contributed by atoms with van der Waals surface area (Å²) in [5.74, 6) is 0.980. The molecule has 3 heterocycles. The zero-order valence-electron chi connectivity index (χ0n) is 18.5. The number of ether oxygens (including phenoxy) is 2. The number of nitrogens with zero attached hydrogens (tertiary/aromatic N) is 3. The minimum atomic E-state index is -0.235. The van der Waals surface area contributed by atoms with Crippen LogP contribution in [0.5, 0.6) is 5.75 Å². The number of amides is 1. The maximum Gasteiger partial charge on any atom is 0.259 e. The zero-order chi connectivity index (χ0) is 22.8. The van der Waals surface area contributed by atoms with E-state index in [-0.39, 0.29) is 12.5 Å². The molecule has 8 nitrogen and oxygen atoms in total. The summed E-state index contributed by atoms with van der Waals surface area (Å²) in [5.41, 5.74) is 3.76. The Morgan fingerprint density at radius 1 is 1.18 bits per heavy atom. The minimum absolute atomic E-state index is 0.235. The molecule has 2 aromatic carbocycles. The molecule has 0 spiro atoms. The van der Waals surface area contributed by atoms with E-state index in [4.69, 9.17) is 19.0 Å². The number of para-hydroxylation sites is 1. The number of hydrogen-bond acceptors (Lipinski definition) is 8. The Hall–Kier alpha value is -3.43. The Morgan fingerprint density at radius 3 is 2.79 bits per heavy atom. The summed E-state index contributed by atoms with van der Waals surface area (Å²) < 4.78 is 17.6. The molecule has 1 fully saturated rings. The van der Waals surface area contributed by atoms with Gasteiger partial charge in [0, 0.05) is 18.8 Å². The normalized spacial score (nSPS) is 13.9. The van der Waals surface area contributed by atoms with E-state index in [1.165, 1.54) is 0 Å². The largest absolute Gasteiger partial charge is 0.488 e. The van der Waals surface area contributed by atoms with Crippen molar-refractivity contribution in [2.75, 3.05) is 36.5 Å². The average Bonchev–Trinajstić information content (AvgIpc) is 3.41.